The Morgan fingerprint density at radius 2 is 1.79 bits per heavy atom. The number of likely N-dealkylation sites (tertiary alicyclic amines) is 1. The second-order valence-electron chi connectivity index (χ2n) is 8.11. The van der Waals surface area contributed by atoms with Gasteiger partial charge in [0.1, 0.15) is 5.69 Å². The highest BCUT2D eigenvalue weighted by Gasteiger charge is 2.29. The van der Waals surface area contributed by atoms with E-state index in [1.165, 1.54) is 15.9 Å². The fraction of sp³-hybridized carbons (Fsp3) is 0.375. The fourth-order valence-corrected chi connectivity index (χ4v) is 4.52. The summed E-state index contributed by atoms with van der Waals surface area (Å²) in [5.74, 6) is 0. The van der Waals surface area contributed by atoms with E-state index >= 15 is 0 Å². The molecule has 2 heterocycles. The van der Waals surface area contributed by atoms with Gasteiger partial charge in [0.05, 0.1) is 6.20 Å². The number of hydrogen-bond acceptors (Lipinski definition) is 3. The minimum Gasteiger partial charge on any atom is -0.318 e. The number of benzene rings is 2. The van der Waals surface area contributed by atoms with Crippen molar-refractivity contribution in [1.29, 1.82) is 0 Å². The average Bonchev–Trinajstić information content (AvgIpc) is 3.17. The third-order valence-corrected chi connectivity index (χ3v) is 5.78. The van der Waals surface area contributed by atoms with Crippen molar-refractivity contribution in [2.45, 2.75) is 52.5 Å². The van der Waals surface area contributed by atoms with Gasteiger partial charge >= 0.3 is 6.03 Å². The molecule has 1 atom stereocenters. The van der Waals surface area contributed by atoms with E-state index in [4.69, 9.17) is 0 Å². The SMILES string of the molecule is Cc1cc(C)c(-c2cnn(C(=O)N3CCCCC3Cc3ccccc3)n2)c(C)c1. The Balaban J connectivity index is 1.58. The maximum absolute atomic E-state index is 13.2. The third kappa shape index (κ3) is 4.09. The maximum Gasteiger partial charge on any atom is 0.362 e. The Bertz CT molecular complexity index is 986. The van der Waals surface area contributed by atoms with E-state index in [2.05, 4.69) is 67.4 Å². The lowest BCUT2D eigenvalue weighted by Crippen LogP contribution is -2.47. The molecule has 4 rings (SSSR count). The standard InChI is InChI=1S/C24H28N4O/c1-17-13-18(2)23(19(3)14-17)22-16-25-28(26-22)24(29)27-12-8-7-11-21(27)15-20-9-5-4-6-10-20/h4-6,9-10,13-14,16,21H,7-8,11-12,15H2,1-3H3. The Morgan fingerprint density at radius 1 is 1.07 bits per heavy atom. The molecule has 1 aromatic heterocycles. The number of aromatic nitrogens is 3. The molecule has 0 N–H and O–H groups in total. The summed E-state index contributed by atoms with van der Waals surface area (Å²) in [7, 11) is 0. The van der Waals surface area contributed by atoms with E-state index in [1.54, 1.807) is 6.20 Å². The summed E-state index contributed by atoms with van der Waals surface area (Å²) < 4.78 is 0. The van der Waals surface area contributed by atoms with E-state index in [0.29, 0.717) is 0 Å². The van der Waals surface area contributed by atoms with Crippen molar-refractivity contribution in [1.82, 2.24) is 19.9 Å². The zero-order chi connectivity index (χ0) is 20.4. The predicted molar refractivity (Wildman–Crippen MR) is 115 cm³/mol. The molecule has 0 bridgehead atoms. The van der Waals surface area contributed by atoms with Gasteiger partial charge in [-0.05, 0) is 63.1 Å². The van der Waals surface area contributed by atoms with Crippen LogP contribution >= 0.6 is 0 Å². The highest BCUT2D eigenvalue weighted by molar-refractivity contribution is 5.76. The molecule has 2 aromatic carbocycles. The van der Waals surface area contributed by atoms with Crippen molar-refractivity contribution >= 4 is 6.03 Å². The van der Waals surface area contributed by atoms with Crippen molar-refractivity contribution < 1.29 is 4.79 Å². The van der Waals surface area contributed by atoms with Crippen molar-refractivity contribution in [2.24, 2.45) is 0 Å². The lowest BCUT2D eigenvalue weighted by Gasteiger charge is -2.35. The lowest BCUT2D eigenvalue weighted by molar-refractivity contribution is 0.146. The Kier molecular flexibility index (Phi) is 5.47. The number of carbonyl (C=O) groups is 1. The molecule has 1 saturated heterocycles. The molecule has 5 heteroatoms. The van der Waals surface area contributed by atoms with Crippen LogP contribution in [0, 0.1) is 20.8 Å². The first-order chi connectivity index (χ1) is 14.0. The predicted octanol–water partition coefficient (Wildman–Crippen LogP) is 4.94. The summed E-state index contributed by atoms with van der Waals surface area (Å²) in [6.45, 7) is 7.01. The van der Waals surface area contributed by atoms with Crippen molar-refractivity contribution in [3.63, 3.8) is 0 Å². The summed E-state index contributed by atoms with van der Waals surface area (Å²) in [5, 5.41) is 8.89. The smallest absolute Gasteiger partial charge is 0.318 e. The summed E-state index contributed by atoms with van der Waals surface area (Å²) in [5.41, 5.74) is 6.62. The fourth-order valence-electron chi connectivity index (χ4n) is 4.52. The number of nitrogens with zero attached hydrogens (tertiary/aromatic N) is 4. The molecular weight excluding hydrogens is 360 g/mol. The van der Waals surface area contributed by atoms with E-state index in [-0.39, 0.29) is 12.1 Å². The number of amides is 1. The molecule has 150 valence electrons. The van der Waals surface area contributed by atoms with Gasteiger partial charge in [0.2, 0.25) is 0 Å². The quantitative estimate of drug-likeness (QED) is 0.639. The van der Waals surface area contributed by atoms with Gasteiger partial charge in [0.15, 0.2) is 0 Å². The second kappa shape index (κ2) is 8.19. The van der Waals surface area contributed by atoms with Crippen LogP contribution in [0.15, 0.2) is 48.7 Å². The molecular formula is C24H28N4O. The zero-order valence-electron chi connectivity index (χ0n) is 17.4. The van der Waals surface area contributed by atoms with Crippen LogP contribution in [0.5, 0.6) is 0 Å². The van der Waals surface area contributed by atoms with Crippen LogP contribution in [0.2, 0.25) is 0 Å². The van der Waals surface area contributed by atoms with Gasteiger partial charge in [-0.3, -0.25) is 0 Å². The highest BCUT2D eigenvalue weighted by atomic mass is 16.2. The summed E-state index contributed by atoms with van der Waals surface area (Å²) in [6.07, 6.45) is 5.78. The number of carbonyl (C=O) groups excluding carboxylic acids is 1. The first-order valence-corrected chi connectivity index (χ1v) is 10.4. The van der Waals surface area contributed by atoms with Crippen LogP contribution in [0.1, 0.15) is 41.5 Å². The number of rotatable bonds is 3. The minimum absolute atomic E-state index is 0.126. The molecule has 1 aliphatic heterocycles. The topological polar surface area (TPSA) is 51.0 Å². The van der Waals surface area contributed by atoms with Gasteiger partial charge in [-0.1, -0.05) is 52.8 Å². The molecule has 29 heavy (non-hydrogen) atoms. The molecule has 0 spiro atoms. The second-order valence-corrected chi connectivity index (χ2v) is 8.11. The Hall–Kier alpha value is -2.95. The Labute approximate surface area is 172 Å². The maximum atomic E-state index is 13.2. The van der Waals surface area contributed by atoms with E-state index in [0.717, 1.165) is 54.6 Å². The van der Waals surface area contributed by atoms with Gasteiger partial charge in [0, 0.05) is 18.2 Å². The molecule has 0 radical (unpaired) electrons. The molecule has 0 saturated carbocycles. The highest BCUT2D eigenvalue weighted by Crippen LogP contribution is 2.27. The Morgan fingerprint density at radius 3 is 2.52 bits per heavy atom. The zero-order valence-corrected chi connectivity index (χ0v) is 17.4. The van der Waals surface area contributed by atoms with E-state index in [9.17, 15) is 4.79 Å². The summed E-state index contributed by atoms with van der Waals surface area (Å²) in [6, 6.07) is 14.7. The average molecular weight is 389 g/mol. The van der Waals surface area contributed by atoms with Gasteiger partial charge in [0.25, 0.3) is 0 Å². The van der Waals surface area contributed by atoms with Crippen molar-refractivity contribution in [2.75, 3.05) is 6.54 Å². The largest absolute Gasteiger partial charge is 0.362 e. The first-order valence-electron chi connectivity index (χ1n) is 10.4. The van der Waals surface area contributed by atoms with E-state index < -0.39 is 0 Å². The van der Waals surface area contributed by atoms with Crippen molar-refractivity contribution in [3.8, 4) is 11.3 Å². The molecule has 1 fully saturated rings. The van der Waals surface area contributed by atoms with Crippen LogP contribution in [0.4, 0.5) is 4.79 Å². The molecule has 5 nitrogen and oxygen atoms in total. The molecule has 1 amide bonds. The molecule has 0 aliphatic carbocycles. The van der Waals surface area contributed by atoms with E-state index in [1.807, 2.05) is 11.0 Å². The lowest BCUT2D eigenvalue weighted by atomic mass is 9.96. The molecule has 1 aliphatic rings. The van der Waals surface area contributed by atoms with Crippen LogP contribution in [-0.2, 0) is 6.42 Å². The van der Waals surface area contributed by atoms with Crippen LogP contribution in [0.3, 0.4) is 0 Å². The minimum atomic E-state index is -0.126. The molecule has 1 unspecified atom stereocenters. The number of hydrogen-bond donors (Lipinski definition) is 0. The van der Waals surface area contributed by atoms with Gasteiger partial charge < -0.3 is 4.90 Å². The first kappa shape index (κ1) is 19.4. The van der Waals surface area contributed by atoms with Crippen LogP contribution < -0.4 is 0 Å². The number of aryl methyl sites for hydroxylation is 3. The van der Waals surface area contributed by atoms with Gasteiger partial charge in [-0.25, -0.2) is 4.79 Å². The third-order valence-electron chi connectivity index (χ3n) is 5.78. The molecule has 3 aromatic rings. The van der Waals surface area contributed by atoms with Crippen molar-refractivity contribution in [3.05, 3.63) is 70.9 Å². The summed E-state index contributed by atoms with van der Waals surface area (Å²) in [4.78, 5) is 16.5. The van der Waals surface area contributed by atoms with Crippen LogP contribution in [0.25, 0.3) is 11.3 Å². The normalized spacial score (nSPS) is 16.8. The monoisotopic (exact) mass is 388 g/mol. The summed E-state index contributed by atoms with van der Waals surface area (Å²) >= 11 is 0. The van der Waals surface area contributed by atoms with Gasteiger partial charge in [-0.15, -0.1) is 5.10 Å². The van der Waals surface area contributed by atoms with Gasteiger partial charge in [-0.2, -0.15) is 5.10 Å². The van der Waals surface area contributed by atoms with Crippen LogP contribution in [-0.4, -0.2) is 38.5 Å². The number of piperidine rings is 1.